The summed E-state index contributed by atoms with van der Waals surface area (Å²) in [6.07, 6.45) is 2.08. The lowest BCUT2D eigenvalue weighted by molar-refractivity contribution is 0.0791. The van der Waals surface area contributed by atoms with Gasteiger partial charge in [-0.05, 0) is 37.1 Å². The Morgan fingerprint density at radius 1 is 0.897 bits per heavy atom. The van der Waals surface area contributed by atoms with Crippen LogP contribution in [0.4, 0.5) is 11.4 Å². The molecule has 154 valence electrons. The van der Waals surface area contributed by atoms with Crippen molar-refractivity contribution in [2.24, 2.45) is 0 Å². The van der Waals surface area contributed by atoms with Crippen molar-refractivity contribution in [3.8, 4) is 5.75 Å². The van der Waals surface area contributed by atoms with Gasteiger partial charge in [0.05, 0.1) is 5.69 Å². The van der Waals surface area contributed by atoms with E-state index in [0.717, 1.165) is 70.9 Å². The maximum atomic E-state index is 12.8. The van der Waals surface area contributed by atoms with Crippen LogP contribution in [0.2, 0.25) is 0 Å². The van der Waals surface area contributed by atoms with E-state index < -0.39 is 0 Å². The van der Waals surface area contributed by atoms with E-state index in [4.69, 9.17) is 0 Å². The SMILES string of the molecule is O=C(c1c(O)cccc1NCCN1CCN(c2ccccc2)CC1)N1CCCC1. The molecule has 6 nitrogen and oxygen atoms in total. The summed E-state index contributed by atoms with van der Waals surface area (Å²) in [6, 6.07) is 15.8. The Labute approximate surface area is 172 Å². The molecule has 2 aromatic carbocycles. The molecule has 2 fully saturated rings. The molecule has 0 saturated carbocycles. The van der Waals surface area contributed by atoms with Gasteiger partial charge in [0.25, 0.3) is 5.91 Å². The quantitative estimate of drug-likeness (QED) is 0.789. The van der Waals surface area contributed by atoms with E-state index in [1.165, 1.54) is 5.69 Å². The van der Waals surface area contributed by atoms with Gasteiger partial charge in [0.15, 0.2) is 0 Å². The molecule has 2 saturated heterocycles. The van der Waals surface area contributed by atoms with Crippen molar-refractivity contribution in [3.05, 3.63) is 54.1 Å². The van der Waals surface area contributed by atoms with E-state index >= 15 is 0 Å². The fourth-order valence-corrected chi connectivity index (χ4v) is 4.21. The average molecular weight is 395 g/mol. The number of nitrogens with one attached hydrogen (secondary N) is 1. The maximum Gasteiger partial charge on any atom is 0.259 e. The van der Waals surface area contributed by atoms with E-state index in [-0.39, 0.29) is 11.7 Å². The van der Waals surface area contributed by atoms with Gasteiger partial charge in [0.1, 0.15) is 11.3 Å². The number of anilines is 2. The van der Waals surface area contributed by atoms with Crippen LogP contribution in [0.5, 0.6) is 5.75 Å². The first kappa shape index (κ1) is 19.6. The average Bonchev–Trinajstić information content (AvgIpc) is 3.30. The van der Waals surface area contributed by atoms with Crippen molar-refractivity contribution in [2.45, 2.75) is 12.8 Å². The van der Waals surface area contributed by atoms with Crippen LogP contribution in [0.1, 0.15) is 23.2 Å². The molecule has 0 aliphatic carbocycles. The second kappa shape index (κ2) is 9.18. The van der Waals surface area contributed by atoms with Crippen LogP contribution in [-0.2, 0) is 0 Å². The summed E-state index contributed by atoms with van der Waals surface area (Å²) in [5.74, 6) is -0.0112. The standard InChI is InChI=1S/C23H30N4O2/c28-21-10-6-9-20(22(21)23(29)27-12-4-5-13-27)24-11-14-25-15-17-26(18-16-25)19-7-2-1-3-8-19/h1-3,6-10,24,28H,4-5,11-18H2. The molecule has 2 aromatic rings. The summed E-state index contributed by atoms with van der Waals surface area (Å²) >= 11 is 0. The highest BCUT2D eigenvalue weighted by atomic mass is 16.3. The Morgan fingerprint density at radius 2 is 1.62 bits per heavy atom. The third-order valence-electron chi connectivity index (χ3n) is 5.89. The molecule has 2 N–H and O–H groups in total. The smallest absolute Gasteiger partial charge is 0.259 e. The molecule has 6 heteroatoms. The van der Waals surface area contributed by atoms with Gasteiger partial charge >= 0.3 is 0 Å². The van der Waals surface area contributed by atoms with E-state index in [2.05, 4.69) is 45.4 Å². The van der Waals surface area contributed by atoms with Crippen LogP contribution in [0.25, 0.3) is 0 Å². The molecular formula is C23H30N4O2. The molecule has 2 heterocycles. The zero-order valence-corrected chi connectivity index (χ0v) is 16.9. The molecule has 0 bridgehead atoms. The van der Waals surface area contributed by atoms with E-state index in [1.807, 2.05) is 11.0 Å². The van der Waals surface area contributed by atoms with E-state index in [1.54, 1.807) is 12.1 Å². The summed E-state index contributed by atoms with van der Waals surface area (Å²) in [7, 11) is 0. The lowest BCUT2D eigenvalue weighted by Gasteiger charge is -2.36. The molecule has 2 aliphatic rings. The third kappa shape index (κ3) is 4.65. The third-order valence-corrected chi connectivity index (χ3v) is 5.89. The van der Waals surface area contributed by atoms with Gasteiger partial charge in [0.2, 0.25) is 0 Å². The number of phenolic OH excluding ortho intramolecular Hbond substituents is 1. The van der Waals surface area contributed by atoms with E-state index in [0.29, 0.717) is 5.56 Å². The first-order valence-corrected chi connectivity index (χ1v) is 10.6. The van der Waals surface area contributed by atoms with E-state index in [9.17, 15) is 9.90 Å². The summed E-state index contributed by atoms with van der Waals surface area (Å²) in [5, 5.41) is 13.7. The number of carbonyl (C=O) groups is 1. The fraction of sp³-hybridized carbons (Fsp3) is 0.435. The van der Waals surface area contributed by atoms with Gasteiger partial charge in [-0.3, -0.25) is 9.69 Å². The molecule has 29 heavy (non-hydrogen) atoms. The number of aromatic hydroxyl groups is 1. The van der Waals surface area contributed by atoms with Crippen molar-refractivity contribution in [1.82, 2.24) is 9.80 Å². The number of amides is 1. The van der Waals surface area contributed by atoms with Crippen LogP contribution in [0.3, 0.4) is 0 Å². The summed E-state index contributed by atoms with van der Waals surface area (Å²) in [5.41, 5.74) is 2.42. The van der Waals surface area contributed by atoms with Crippen LogP contribution >= 0.6 is 0 Å². The highest BCUT2D eigenvalue weighted by Crippen LogP contribution is 2.28. The number of rotatable bonds is 6. The number of carbonyl (C=O) groups excluding carboxylic acids is 1. The molecule has 0 radical (unpaired) electrons. The van der Waals surface area contributed by atoms with Crippen molar-refractivity contribution < 1.29 is 9.90 Å². The highest BCUT2D eigenvalue weighted by molar-refractivity contribution is 6.02. The Balaban J connectivity index is 1.30. The minimum Gasteiger partial charge on any atom is -0.507 e. The van der Waals surface area contributed by atoms with Gasteiger partial charge in [-0.15, -0.1) is 0 Å². The predicted molar refractivity (Wildman–Crippen MR) is 117 cm³/mol. The summed E-state index contributed by atoms with van der Waals surface area (Å²) in [6.45, 7) is 7.30. The largest absolute Gasteiger partial charge is 0.507 e. The first-order chi connectivity index (χ1) is 14.2. The minimum absolute atomic E-state index is 0.0587. The topological polar surface area (TPSA) is 59.1 Å². The van der Waals surface area contributed by atoms with Gasteiger partial charge < -0.3 is 20.2 Å². The fourth-order valence-electron chi connectivity index (χ4n) is 4.21. The molecule has 2 aliphatic heterocycles. The number of hydrogen-bond acceptors (Lipinski definition) is 5. The number of piperazine rings is 1. The Morgan fingerprint density at radius 3 is 2.34 bits per heavy atom. The Hall–Kier alpha value is -2.73. The monoisotopic (exact) mass is 394 g/mol. The van der Waals surface area contributed by atoms with Crippen molar-refractivity contribution in [2.75, 3.05) is 62.6 Å². The normalized spacial score (nSPS) is 17.5. The summed E-state index contributed by atoms with van der Waals surface area (Å²) < 4.78 is 0. The van der Waals surface area contributed by atoms with Crippen molar-refractivity contribution in [1.29, 1.82) is 0 Å². The zero-order chi connectivity index (χ0) is 20.1. The number of hydrogen-bond donors (Lipinski definition) is 2. The van der Waals surface area contributed by atoms with Crippen LogP contribution < -0.4 is 10.2 Å². The summed E-state index contributed by atoms with van der Waals surface area (Å²) in [4.78, 5) is 19.5. The lowest BCUT2D eigenvalue weighted by Crippen LogP contribution is -2.47. The number of phenols is 1. The van der Waals surface area contributed by atoms with Gasteiger partial charge in [-0.25, -0.2) is 0 Å². The number of para-hydroxylation sites is 1. The second-order valence-electron chi connectivity index (χ2n) is 7.79. The highest BCUT2D eigenvalue weighted by Gasteiger charge is 2.24. The van der Waals surface area contributed by atoms with Crippen LogP contribution in [0.15, 0.2) is 48.5 Å². The molecule has 4 rings (SSSR count). The minimum atomic E-state index is -0.0698. The molecule has 0 spiro atoms. The molecule has 0 atom stereocenters. The van der Waals surface area contributed by atoms with Gasteiger partial charge in [0, 0.05) is 58.0 Å². The predicted octanol–water partition coefficient (Wildman–Crippen LogP) is 2.86. The number of benzene rings is 2. The second-order valence-corrected chi connectivity index (χ2v) is 7.79. The van der Waals surface area contributed by atoms with Crippen LogP contribution in [0, 0.1) is 0 Å². The Bertz CT molecular complexity index is 813. The van der Waals surface area contributed by atoms with Gasteiger partial charge in [-0.2, -0.15) is 0 Å². The molecule has 0 unspecified atom stereocenters. The molecule has 0 aromatic heterocycles. The zero-order valence-electron chi connectivity index (χ0n) is 16.9. The lowest BCUT2D eigenvalue weighted by atomic mass is 10.1. The van der Waals surface area contributed by atoms with Crippen molar-refractivity contribution in [3.63, 3.8) is 0 Å². The van der Waals surface area contributed by atoms with Gasteiger partial charge in [-0.1, -0.05) is 24.3 Å². The number of nitrogens with zero attached hydrogens (tertiary/aromatic N) is 3. The molecule has 1 amide bonds. The van der Waals surface area contributed by atoms with Crippen molar-refractivity contribution >= 4 is 17.3 Å². The first-order valence-electron chi connectivity index (χ1n) is 10.6. The molecular weight excluding hydrogens is 364 g/mol. The Kier molecular flexibility index (Phi) is 6.20. The number of likely N-dealkylation sites (tertiary alicyclic amines) is 1. The van der Waals surface area contributed by atoms with Crippen LogP contribution in [-0.4, -0.2) is 73.2 Å². The maximum absolute atomic E-state index is 12.8.